The first-order valence-corrected chi connectivity index (χ1v) is 11.3. The van der Waals surface area contributed by atoms with Crippen LogP contribution in [-0.2, 0) is 22.6 Å². The molecule has 2 aliphatic rings. The van der Waals surface area contributed by atoms with E-state index in [9.17, 15) is 4.79 Å². The SMILES string of the molecule is CCNC(=NCc1ccccc1CN1CCOCC1)N1CCC(CC(=O)NC)CC1.I. The average molecular weight is 543 g/mol. The molecule has 0 radical (unpaired) electrons. The van der Waals surface area contributed by atoms with E-state index >= 15 is 0 Å². The number of rotatable bonds is 7. The molecule has 0 unspecified atom stereocenters. The molecule has 0 saturated carbocycles. The number of benzene rings is 1. The number of ether oxygens (including phenoxy) is 1. The third-order valence-electron chi connectivity index (χ3n) is 6.02. The Morgan fingerprint density at radius 1 is 1.13 bits per heavy atom. The molecule has 8 heteroatoms. The number of piperidine rings is 1. The van der Waals surface area contributed by atoms with Gasteiger partial charge in [-0.2, -0.15) is 0 Å². The highest BCUT2D eigenvalue weighted by atomic mass is 127. The molecule has 2 N–H and O–H groups in total. The van der Waals surface area contributed by atoms with E-state index in [0.29, 0.717) is 18.9 Å². The fourth-order valence-electron chi connectivity index (χ4n) is 4.17. The van der Waals surface area contributed by atoms with Crippen LogP contribution >= 0.6 is 24.0 Å². The Morgan fingerprint density at radius 3 is 2.45 bits per heavy atom. The lowest BCUT2D eigenvalue weighted by Crippen LogP contribution is -2.46. The summed E-state index contributed by atoms with van der Waals surface area (Å²) in [6, 6.07) is 8.63. The highest BCUT2D eigenvalue weighted by molar-refractivity contribution is 14.0. The standard InChI is InChI=1S/C23H37N5O2.HI/c1-3-25-23(28-10-8-19(9-11-28)16-22(29)24-2)26-17-20-6-4-5-7-21(20)18-27-12-14-30-15-13-27;/h4-7,19H,3,8-18H2,1-2H3,(H,24,29)(H,25,26);1H. The van der Waals surface area contributed by atoms with Crippen LogP contribution in [0, 0.1) is 5.92 Å². The minimum Gasteiger partial charge on any atom is -0.379 e. The summed E-state index contributed by atoms with van der Waals surface area (Å²) >= 11 is 0. The second kappa shape index (κ2) is 13.9. The van der Waals surface area contributed by atoms with Gasteiger partial charge in [0.1, 0.15) is 0 Å². The number of guanidine groups is 1. The zero-order valence-corrected chi connectivity index (χ0v) is 21.3. The van der Waals surface area contributed by atoms with Gasteiger partial charge in [-0.1, -0.05) is 24.3 Å². The lowest BCUT2D eigenvalue weighted by molar-refractivity contribution is -0.121. The third-order valence-corrected chi connectivity index (χ3v) is 6.02. The van der Waals surface area contributed by atoms with Gasteiger partial charge in [0, 0.05) is 52.7 Å². The number of likely N-dealkylation sites (tertiary alicyclic amines) is 1. The van der Waals surface area contributed by atoms with Crippen molar-refractivity contribution in [2.45, 2.75) is 39.3 Å². The van der Waals surface area contributed by atoms with E-state index in [1.165, 1.54) is 11.1 Å². The van der Waals surface area contributed by atoms with Crippen molar-refractivity contribution in [3.05, 3.63) is 35.4 Å². The second-order valence-electron chi connectivity index (χ2n) is 8.14. The summed E-state index contributed by atoms with van der Waals surface area (Å²) in [4.78, 5) is 21.4. The average Bonchev–Trinajstić information content (AvgIpc) is 2.79. The molecule has 31 heavy (non-hydrogen) atoms. The zero-order valence-electron chi connectivity index (χ0n) is 18.9. The Hall–Kier alpha value is -1.39. The Balaban J connectivity index is 0.00000341. The van der Waals surface area contributed by atoms with Gasteiger partial charge >= 0.3 is 0 Å². The van der Waals surface area contributed by atoms with Gasteiger partial charge < -0.3 is 20.3 Å². The van der Waals surface area contributed by atoms with Crippen LogP contribution in [0.4, 0.5) is 0 Å². The molecule has 2 aliphatic heterocycles. The van der Waals surface area contributed by atoms with Crippen LogP contribution in [0.5, 0.6) is 0 Å². The summed E-state index contributed by atoms with van der Waals surface area (Å²) in [7, 11) is 1.71. The smallest absolute Gasteiger partial charge is 0.220 e. The van der Waals surface area contributed by atoms with Crippen LogP contribution in [0.15, 0.2) is 29.3 Å². The molecule has 2 fully saturated rings. The lowest BCUT2D eigenvalue weighted by Gasteiger charge is -2.34. The van der Waals surface area contributed by atoms with Gasteiger partial charge in [-0.15, -0.1) is 24.0 Å². The highest BCUT2D eigenvalue weighted by Crippen LogP contribution is 2.21. The highest BCUT2D eigenvalue weighted by Gasteiger charge is 2.23. The summed E-state index contributed by atoms with van der Waals surface area (Å²) in [6.07, 6.45) is 2.70. The number of aliphatic imine (C=N–C) groups is 1. The predicted molar refractivity (Wildman–Crippen MR) is 136 cm³/mol. The molecule has 1 aromatic carbocycles. The first kappa shape index (κ1) is 25.9. The van der Waals surface area contributed by atoms with Gasteiger partial charge in [-0.3, -0.25) is 9.69 Å². The molecule has 2 heterocycles. The number of morpholine rings is 1. The van der Waals surface area contributed by atoms with Crippen LogP contribution in [0.25, 0.3) is 0 Å². The summed E-state index contributed by atoms with van der Waals surface area (Å²) in [5, 5.41) is 6.20. The molecule has 0 aliphatic carbocycles. The van der Waals surface area contributed by atoms with Crippen molar-refractivity contribution >= 4 is 35.8 Å². The molecule has 2 saturated heterocycles. The van der Waals surface area contributed by atoms with Gasteiger partial charge in [-0.05, 0) is 36.8 Å². The van der Waals surface area contributed by atoms with Crippen molar-refractivity contribution in [2.75, 3.05) is 53.0 Å². The number of carbonyl (C=O) groups excluding carboxylic acids is 1. The maximum atomic E-state index is 11.7. The number of carbonyl (C=O) groups is 1. The van der Waals surface area contributed by atoms with Crippen LogP contribution < -0.4 is 10.6 Å². The van der Waals surface area contributed by atoms with E-state index in [1.54, 1.807) is 7.05 Å². The summed E-state index contributed by atoms with van der Waals surface area (Å²) in [5.74, 6) is 1.60. The molecule has 0 bridgehead atoms. The molecule has 0 spiro atoms. The van der Waals surface area contributed by atoms with E-state index in [1.807, 2.05) is 0 Å². The largest absolute Gasteiger partial charge is 0.379 e. The number of halogens is 1. The van der Waals surface area contributed by atoms with Crippen molar-refractivity contribution in [1.29, 1.82) is 0 Å². The van der Waals surface area contributed by atoms with Crippen LogP contribution in [0.2, 0.25) is 0 Å². The number of nitrogens with one attached hydrogen (secondary N) is 2. The number of nitrogens with zero attached hydrogens (tertiary/aromatic N) is 3. The van der Waals surface area contributed by atoms with Gasteiger partial charge in [0.05, 0.1) is 19.8 Å². The normalized spacial score (nSPS) is 18.4. The van der Waals surface area contributed by atoms with Crippen molar-refractivity contribution in [1.82, 2.24) is 20.4 Å². The zero-order chi connectivity index (χ0) is 21.2. The molecule has 1 aromatic rings. The van der Waals surface area contributed by atoms with Crippen LogP contribution in [-0.4, -0.2) is 74.7 Å². The minimum absolute atomic E-state index is 0. The molecule has 3 rings (SSSR count). The molecule has 1 amide bonds. The fourth-order valence-corrected chi connectivity index (χ4v) is 4.17. The van der Waals surface area contributed by atoms with E-state index in [-0.39, 0.29) is 29.9 Å². The Bertz CT molecular complexity index is 701. The number of hydrogen-bond acceptors (Lipinski definition) is 4. The molecule has 7 nitrogen and oxygen atoms in total. The summed E-state index contributed by atoms with van der Waals surface area (Å²) < 4.78 is 5.48. The lowest BCUT2D eigenvalue weighted by atomic mass is 9.93. The summed E-state index contributed by atoms with van der Waals surface area (Å²) in [6.45, 7) is 10.1. The monoisotopic (exact) mass is 543 g/mol. The van der Waals surface area contributed by atoms with Crippen molar-refractivity contribution < 1.29 is 9.53 Å². The fraction of sp³-hybridized carbons (Fsp3) is 0.652. The Kier molecular flexibility index (Phi) is 11.6. The van der Waals surface area contributed by atoms with Crippen LogP contribution in [0.3, 0.4) is 0 Å². The molecular weight excluding hydrogens is 505 g/mol. The molecular formula is C23H38IN5O2. The topological polar surface area (TPSA) is 69.2 Å². The minimum atomic E-state index is 0. The second-order valence-corrected chi connectivity index (χ2v) is 8.14. The van der Waals surface area contributed by atoms with Crippen molar-refractivity contribution in [3.8, 4) is 0 Å². The maximum absolute atomic E-state index is 11.7. The first-order valence-electron chi connectivity index (χ1n) is 11.3. The van der Waals surface area contributed by atoms with E-state index < -0.39 is 0 Å². The predicted octanol–water partition coefficient (Wildman–Crippen LogP) is 2.45. The molecule has 0 aromatic heterocycles. The van der Waals surface area contributed by atoms with Gasteiger partial charge in [0.2, 0.25) is 5.91 Å². The Morgan fingerprint density at radius 2 is 1.81 bits per heavy atom. The van der Waals surface area contributed by atoms with E-state index in [4.69, 9.17) is 9.73 Å². The van der Waals surface area contributed by atoms with Crippen molar-refractivity contribution in [3.63, 3.8) is 0 Å². The third kappa shape index (κ3) is 8.23. The summed E-state index contributed by atoms with van der Waals surface area (Å²) in [5.41, 5.74) is 2.64. The van der Waals surface area contributed by atoms with Gasteiger partial charge in [0.15, 0.2) is 5.96 Å². The Labute approximate surface area is 204 Å². The van der Waals surface area contributed by atoms with E-state index in [0.717, 1.165) is 71.3 Å². The van der Waals surface area contributed by atoms with E-state index in [2.05, 4.69) is 51.6 Å². The molecule has 0 atom stereocenters. The van der Waals surface area contributed by atoms with Gasteiger partial charge in [0.25, 0.3) is 0 Å². The first-order chi connectivity index (χ1) is 14.7. The quantitative estimate of drug-likeness (QED) is 0.314. The maximum Gasteiger partial charge on any atom is 0.220 e. The molecule has 174 valence electrons. The number of hydrogen-bond donors (Lipinski definition) is 2. The number of amides is 1. The van der Waals surface area contributed by atoms with Crippen molar-refractivity contribution in [2.24, 2.45) is 10.9 Å². The van der Waals surface area contributed by atoms with Crippen LogP contribution in [0.1, 0.15) is 37.3 Å². The van der Waals surface area contributed by atoms with Gasteiger partial charge in [-0.25, -0.2) is 4.99 Å².